The van der Waals surface area contributed by atoms with Crippen LogP contribution < -0.4 is 31.3 Å². The molecule has 9 rings (SSSR count). The SMILES string of the molecule is CN[C@@H](C)C(=O)NC(C(=O)N1CCC[C@H]1c1nc(-c2ccc(OCCOCCOCCOCCOCCN(C)C(=O)CCNc3nc(N4CCN(C(N)=O)CC4)c4cc(Cl)c(-c5c(O)cccc5F)c(F)c4n3)c3ccccc23)cs1)C1CCCCC1. The number of fused-ring (bicyclic) bond motifs is 2. The number of likely N-dealkylation sites (tertiary alicyclic amines) is 1. The van der Waals surface area contributed by atoms with Crippen LogP contribution >= 0.6 is 22.9 Å². The summed E-state index contributed by atoms with van der Waals surface area (Å²) in [4.78, 5) is 73.4. The number of anilines is 2. The first-order valence-corrected chi connectivity index (χ1v) is 31.1. The van der Waals surface area contributed by atoms with E-state index in [0.717, 1.165) is 83.8 Å². The Kier molecular flexibility index (Phi) is 23.1. The maximum atomic E-state index is 16.5. The molecule has 87 heavy (non-hydrogen) atoms. The molecule has 6 N–H and O–H groups in total. The minimum atomic E-state index is -0.971. The fourth-order valence-corrected chi connectivity index (χ4v) is 12.6. The molecule has 468 valence electrons. The van der Waals surface area contributed by atoms with Crippen LogP contribution in [0.4, 0.5) is 25.3 Å². The number of phenols is 1. The van der Waals surface area contributed by atoms with Gasteiger partial charge in [-0.2, -0.15) is 4.98 Å². The van der Waals surface area contributed by atoms with Crippen LogP contribution in [-0.2, 0) is 33.3 Å². The largest absolute Gasteiger partial charge is 0.507 e. The first kappa shape index (κ1) is 64.4. The quantitative estimate of drug-likeness (QED) is 0.0278. The Morgan fingerprint density at radius 1 is 0.805 bits per heavy atom. The lowest BCUT2D eigenvalue weighted by Gasteiger charge is -2.35. The summed E-state index contributed by atoms with van der Waals surface area (Å²) in [7, 11) is 3.41. The first-order chi connectivity index (χ1) is 42.2. The van der Waals surface area contributed by atoms with Gasteiger partial charge in [-0.05, 0) is 81.3 Å². The summed E-state index contributed by atoms with van der Waals surface area (Å²) < 4.78 is 60.5. The summed E-state index contributed by atoms with van der Waals surface area (Å²) in [6, 6.07) is 15.5. The Morgan fingerprint density at radius 2 is 1.49 bits per heavy atom. The summed E-state index contributed by atoms with van der Waals surface area (Å²) in [5.74, 6) is -1.52. The van der Waals surface area contributed by atoms with E-state index in [-0.39, 0.29) is 89.8 Å². The van der Waals surface area contributed by atoms with Crippen molar-refractivity contribution in [1.29, 1.82) is 0 Å². The van der Waals surface area contributed by atoms with Gasteiger partial charge in [-0.15, -0.1) is 11.3 Å². The second-order valence-corrected chi connectivity index (χ2v) is 23.2. The molecule has 2 aromatic heterocycles. The topological polar surface area (TPSA) is 248 Å². The Bertz CT molecular complexity index is 3310. The number of aromatic hydroxyl groups is 1. The number of piperazine rings is 1. The number of carbonyl (C=O) groups excluding carboxylic acids is 4. The number of carbonyl (C=O) groups is 4. The number of ether oxygens (including phenoxy) is 5. The van der Waals surface area contributed by atoms with Crippen LogP contribution in [-0.4, -0.2) is 190 Å². The number of thiazole rings is 1. The van der Waals surface area contributed by atoms with Crippen molar-refractivity contribution in [2.24, 2.45) is 11.7 Å². The molecule has 5 amide bonds. The number of hydrogen-bond donors (Lipinski definition) is 5. The predicted octanol–water partition coefficient (Wildman–Crippen LogP) is 8.15. The van der Waals surface area contributed by atoms with E-state index in [1.54, 1.807) is 25.4 Å². The van der Waals surface area contributed by atoms with Crippen molar-refractivity contribution in [1.82, 2.24) is 40.3 Å². The van der Waals surface area contributed by atoms with Gasteiger partial charge in [0.25, 0.3) is 0 Å². The number of urea groups is 1. The minimum absolute atomic E-state index is 0.00269. The molecule has 25 heteroatoms. The standard InChI is InChI=1S/C62H78ClF2N11O10S/c1-39(67-2)58(79)70-55(40-11-5-4-6-12-40)60(80)76-22-10-16-48(76)59-69-47(38-87-59)42-18-19-50(43-14-8-7-13-41(42)43)86-36-35-85-34-33-84-32-31-83-30-29-82-28-27-73(3)51(78)20-21-68-62-71-56-44(57(72-62)74-23-25-75(26-24-74)61(66)81)37-45(63)52(54(56)65)53-46(64)15-9-17-49(53)77/h7-9,13-15,17-19,37-40,48,55,67,77H,4-6,10-12,16,20-36H2,1-3H3,(H2,66,81)(H,70,79)(H,68,71,72)/t39-,48-,55?/m0/s1. The highest BCUT2D eigenvalue weighted by atomic mass is 35.5. The van der Waals surface area contributed by atoms with Crippen LogP contribution in [0.3, 0.4) is 0 Å². The van der Waals surface area contributed by atoms with E-state index in [4.69, 9.17) is 46.0 Å². The molecule has 0 radical (unpaired) electrons. The number of phenolic OH excluding ortho intramolecular Hbond substituents is 1. The molecule has 0 bridgehead atoms. The number of primary amides is 1. The lowest BCUT2D eigenvalue weighted by atomic mass is 9.83. The third-order valence-electron chi connectivity index (χ3n) is 16.2. The highest BCUT2D eigenvalue weighted by Crippen LogP contribution is 2.44. The number of nitrogens with two attached hydrogens (primary N) is 1. The van der Waals surface area contributed by atoms with Gasteiger partial charge in [0.05, 0.1) is 81.2 Å². The van der Waals surface area contributed by atoms with Crippen molar-refractivity contribution in [3.05, 3.63) is 87.7 Å². The van der Waals surface area contributed by atoms with E-state index in [9.17, 15) is 24.3 Å². The summed E-state index contributed by atoms with van der Waals surface area (Å²) in [6.07, 6.45) is 6.91. The number of rotatable bonds is 29. The number of nitrogens with one attached hydrogen (secondary N) is 3. The molecule has 0 spiro atoms. The maximum Gasteiger partial charge on any atom is 0.314 e. The molecule has 4 heterocycles. The van der Waals surface area contributed by atoms with E-state index < -0.39 is 41.1 Å². The smallest absolute Gasteiger partial charge is 0.314 e. The van der Waals surface area contributed by atoms with Crippen LogP contribution in [0.5, 0.6) is 11.5 Å². The van der Waals surface area contributed by atoms with Crippen LogP contribution in [0, 0.1) is 17.6 Å². The molecule has 1 unspecified atom stereocenters. The van der Waals surface area contributed by atoms with Crippen molar-refractivity contribution < 1.29 is 56.7 Å². The molecule has 3 fully saturated rings. The van der Waals surface area contributed by atoms with Gasteiger partial charge in [-0.3, -0.25) is 14.4 Å². The predicted molar refractivity (Wildman–Crippen MR) is 330 cm³/mol. The highest BCUT2D eigenvalue weighted by Gasteiger charge is 2.40. The van der Waals surface area contributed by atoms with Crippen molar-refractivity contribution in [3.63, 3.8) is 0 Å². The summed E-state index contributed by atoms with van der Waals surface area (Å²) in [5, 5.41) is 24.7. The lowest BCUT2D eigenvalue weighted by Crippen LogP contribution is -2.55. The number of amides is 5. The van der Waals surface area contributed by atoms with Crippen LogP contribution in [0.15, 0.2) is 66.0 Å². The van der Waals surface area contributed by atoms with E-state index in [1.807, 2.05) is 47.1 Å². The van der Waals surface area contributed by atoms with Crippen molar-refractivity contribution in [3.8, 4) is 33.9 Å². The van der Waals surface area contributed by atoms with Gasteiger partial charge in [-0.25, -0.2) is 23.5 Å². The minimum Gasteiger partial charge on any atom is -0.507 e. The Balaban J connectivity index is 0.649. The summed E-state index contributed by atoms with van der Waals surface area (Å²) >= 11 is 8.14. The maximum absolute atomic E-state index is 16.5. The average Bonchev–Trinajstić information content (AvgIpc) is 3.34. The molecular weight excluding hydrogens is 1160 g/mol. The number of halogens is 3. The fraction of sp³-hybridized carbons (Fsp3) is 0.500. The second kappa shape index (κ2) is 31.2. The van der Waals surface area contributed by atoms with E-state index in [0.29, 0.717) is 84.9 Å². The molecule has 6 aromatic rings. The number of likely N-dealkylation sites (N-methyl/N-ethyl adjacent to an activating group) is 2. The monoisotopic (exact) mass is 1240 g/mol. The highest BCUT2D eigenvalue weighted by molar-refractivity contribution is 7.10. The lowest BCUT2D eigenvalue weighted by molar-refractivity contribution is -0.139. The molecule has 4 aromatic carbocycles. The molecule has 1 aliphatic carbocycles. The van der Waals surface area contributed by atoms with Gasteiger partial charge < -0.3 is 70.1 Å². The van der Waals surface area contributed by atoms with Crippen LogP contribution in [0.1, 0.15) is 69.3 Å². The Labute approximate surface area is 514 Å². The average molecular weight is 1240 g/mol. The molecular formula is C62H78ClF2N11O10S. The molecule has 21 nitrogen and oxygen atoms in total. The van der Waals surface area contributed by atoms with Gasteiger partial charge in [-0.1, -0.05) is 61.2 Å². The number of nitrogens with zero attached hydrogens (tertiary/aromatic N) is 7. The normalized spacial score (nSPS) is 16.3. The van der Waals surface area contributed by atoms with Crippen LogP contribution in [0.25, 0.3) is 44.1 Å². The first-order valence-electron chi connectivity index (χ1n) is 29.9. The summed E-state index contributed by atoms with van der Waals surface area (Å²) in [5.41, 5.74) is 6.36. The van der Waals surface area contributed by atoms with Crippen LogP contribution in [0.2, 0.25) is 5.02 Å². The Hall–Kier alpha value is -7.06. The van der Waals surface area contributed by atoms with Crippen molar-refractivity contribution in [2.45, 2.75) is 76.4 Å². The van der Waals surface area contributed by atoms with Gasteiger partial charge in [0.1, 0.15) is 46.3 Å². The third-order valence-corrected chi connectivity index (χ3v) is 17.5. The zero-order valence-electron chi connectivity index (χ0n) is 49.5. The zero-order chi connectivity index (χ0) is 61.4. The van der Waals surface area contributed by atoms with Crippen molar-refractivity contribution in [2.75, 3.05) is 130 Å². The molecule has 2 saturated heterocycles. The molecule has 2 aliphatic heterocycles. The zero-order valence-corrected chi connectivity index (χ0v) is 51.1. The number of hydrogen-bond acceptors (Lipinski definition) is 17. The number of benzene rings is 4. The van der Waals surface area contributed by atoms with Gasteiger partial charge in [0, 0.05) is 86.6 Å². The fourth-order valence-electron chi connectivity index (χ4n) is 11.3. The van der Waals surface area contributed by atoms with Gasteiger partial charge in [0.15, 0.2) is 5.82 Å². The molecule has 3 atom stereocenters. The van der Waals surface area contributed by atoms with Crippen molar-refractivity contribution >= 4 is 80.1 Å². The molecule has 1 saturated carbocycles. The van der Waals surface area contributed by atoms with E-state index >= 15 is 8.78 Å². The van der Waals surface area contributed by atoms with E-state index in [1.165, 1.54) is 28.0 Å². The Morgan fingerprint density at radius 3 is 2.18 bits per heavy atom. The summed E-state index contributed by atoms with van der Waals surface area (Å²) in [6.45, 7) is 7.25. The number of aromatic nitrogens is 3. The van der Waals surface area contributed by atoms with E-state index in [2.05, 4.69) is 37.4 Å². The van der Waals surface area contributed by atoms with Gasteiger partial charge in [0.2, 0.25) is 23.7 Å². The third kappa shape index (κ3) is 16.2. The van der Waals surface area contributed by atoms with Gasteiger partial charge >= 0.3 is 6.03 Å². The molecule has 3 aliphatic rings. The second-order valence-electron chi connectivity index (χ2n) is 21.9.